The molecule has 1 aliphatic rings. The molecule has 1 fully saturated rings. The molecule has 3 aromatic rings. The first-order valence-corrected chi connectivity index (χ1v) is 7.57. The lowest BCUT2D eigenvalue weighted by molar-refractivity contribution is -0.117. The minimum atomic E-state index is -2.87. The van der Waals surface area contributed by atoms with Crippen LogP contribution in [0.5, 0.6) is 11.8 Å². The Kier molecular flexibility index (Phi) is 2.57. The van der Waals surface area contributed by atoms with Crippen LogP contribution in [0, 0.1) is 5.92 Å². The monoisotopic (exact) mass is 363 g/mol. The number of ether oxygens (including phenoxy) is 2. The van der Waals surface area contributed by atoms with E-state index in [1.54, 1.807) is 0 Å². The number of aromatic nitrogens is 4. The van der Waals surface area contributed by atoms with Crippen molar-refractivity contribution in [3.05, 3.63) is 24.7 Å². The molecule has 8 nitrogen and oxygen atoms in total. The summed E-state index contributed by atoms with van der Waals surface area (Å²) in [6.07, 6.45) is 1.34. The highest BCUT2D eigenvalue weighted by molar-refractivity contribution is 5.96. The van der Waals surface area contributed by atoms with E-state index in [1.165, 1.54) is 18.3 Å². The number of aromatic amines is 1. The molecule has 9 heteroatoms. The van der Waals surface area contributed by atoms with Gasteiger partial charge in [0.15, 0.2) is 0 Å². The highest BCUT2D eigenvalue weighted by Crippen LogP contribution is 2.37. The van der Waals surface area contributed by atoms with Gasteiger partial charge in [-0.25, -0.2) is 19.3 Å². The number of carbonyl (C=O) groups excluding carboxylic acids is 1. The number of hydrogen-bond acceptors (Lipinski definition) is 6. The number of alkyl halides is 1. The molecule has 0 saturated heterocycles. The summed E-state index contributed by atoms with van der Waals surface area (Å²) < 4.78 is 67.0. The maximum absolute atomic E-state index is 13.1. The van der Waals surface area contributed by atoms with E-state index in [0.717, 1.165) is 6.33 Å². The van der Waals surface area contributed by atoms with E-state index in [1.807, 2.05) is 0 Å². The third kappa shape index (κ3) is 2.81. The number of methoxy groups -OCH3 is 2. The summed E-state index contributed by atoms with van der Waals surface area (Å²) >= 11 is 0. The number of nitrogens with zero attached hydrogens (tertiary/aromatic N) is 3. The standard InChI is InChI=1S/C17H16FN5O3/c1-25-16-14(17(26-2)21-7-20-16)11-3-8-4-13(19-6-12(8)22-11)23-15(24)9-5-10(9)18/h3-4,6-7,9-10,22H,5H2,1-2H3,(H,19,23,24)/i1D3,2D3. The lowest BCUT2D eigenvalue weighted by atomic mass is 10.2. The molecule has 0 bridgehead atoms. The normalized spacial score (nSPS) is 23.0. The van der Waals surface area contributed by atoms with Gasteiger partial charge in [0.1, 0.15) is 23.9 Å². The van der Waals surface area contributed by atoms with Gasteiger partial charge in [-0.1, -0.05) is 0 Å². The zero-order chi connectivity index (χ0) is 23.3. The van der Waals surface area contributed by atoms with Crippen LogP contribution in [0.1, 0.15) is 14.6 Å². The first-order valence-electron chi connectivity index (χ1n) is 10.6. The maximum Gasteiger partial charge on any atom is 0.231 e. The molecule has 1 amide bonds. The van der Waals surface area contributed by atoms with Gasteiger partial charge < -0.3 is 19.8 Å². The average Bonchev–Trinajstić information content (AvgIpc) is 3.23. The molecule has 134 valence electrons. The molecule has 1 aliphatic carbocycles. The number of fused-ring (bicyclic) bond motifs is 1. The Morgan fingerprint density at radius 1 is 1.31 bits per heavy atom. The van der Waals surface area contributed by atoms with E-state index in [4.69, 9.17) is 17.7 Å². The Labute approximate surface area is 156 Å². The third-order valence-electron chi connectivity index (χ3n) is 4.05. The van der Waals surface area contributed by atoms with Crippen LogP contribution in [0.15, 0.2) is 24.7 Å². The first kappa shape index (κ1) is 10.7. The van der Waals surface area contributed by atoms with Gasteiger partial charge in [0.05, 0.1) is 45.6 Å². The predicted octanol–water partition coefficient (Wildman–Crippen LogP) is 2.33. The number of amides is 1. The zero-order valence-electron chi connectivity index (χ0n) is 19.1. The van der Waals surface area contributed by atoms with Gasteiger partial charge in [-0.15, -0.1) is 0 Å². The molecule has 0 aliphatic heterocycles. The van der Waals surface area contributed by atoms with Crippen molar-refractivity contribution in [1.82, 2.24) is 19.9 Å². The van der Waals surface area contributed by atoms with Gasteiger partial charge in [-0.3, -0.25) is 4.79 Å². The molecule has 0 radical (unpaired) electrons. The topological polar surface area (TPSA) is 102 Å². The van der Waals surface area contributed by atoms with Crippen LogP contribution in [0.2, 0.25) is 0 Å². The Bertz CT molecular complexity index is 1150. The van der Waals surface area contributed by atoms with E-state index < -0.39 is 43.8 Å². The van der Waals surface area contributed by atoms with Crippen molar-refractivity contribution in [2.75, 3.05) is 19.4 Å². The summed E-state index contributed by atoms with van der Waals surface area (Å²) in [5.41, 5.74) is 0.534. The van der Waals surface area contributed by atoms with E-state index in [2.05, 4.69) is 25.3 Å². The molecule has 2 unspecified atom stereocenters. The SMILES string of the molecule is [2H]C([2H])([2H])Oc1ncnc(OC([2H])([2H])[2H])c1-c1cc2cc(NC(=O)C3CC3F)ncc2[nH]1. The second-order valence-corrected chi connectivity index (χ2v) is 5.75. The van der Waals surface area contributed by atoms with Gasteiger partial charge in [0.25, 0.3) is 0 Å². The Hall–Kier alpha value is -3.23. The second-order valence-electron chi connectivity index (χ2n) is 5.75. The summed E-state index contributed by atoms with van der Waals surface area (Å²) in [5.74, 6) is -1.81. The minimum Gasteiger partial charge on any atom is -0.480 e. The number of H-pyrrole nitrogens is 1. The van der Waals surface area contributed by atoms with Crippen molar-refractivity contribution in [1.29, 1.82) is 0 Å². The van der Waals surface area contributed by atoms with Gasteiger partial charge in [-0.05, 0) is 18.6 Å². The number of rotatable bonds is 5. The van der Waals surface area contributed by atoms with E-state index in [0.29, 0.717) is 10.9 Å². The predicted molar refractivity (Wildman–Crippen MR) is 91.9 cm³/mol. The summed E-state index contributed by atoms with van der Waals surface area (Å²) in [5, 5.41) is 3.06. The molecule has 4 rings (SSSR count). The molecular formula is C17H16FN5O3. The smallest absolute Gasteiger partial charge is 0.231 e. The summed E-state index contributed by atoms with van der Waals surface area (Å²) in [7, 11) is -5.75. The van der Waals surface area contributed by atoms with E-state index >= 15 is 0 Å². The maximum atomic E-state index is 13.1. The van der Waals surface area contributed by atoms with Gasteiger partial charge in [-0.2, -0.15) is 0 Å². The van der Waals surface area contributed by atoms with Crippen molar-refractivity contribution in [2.24, 2.45) is 5.92 Å². The van der Waals surface area contributed by atoms with Crippen LogP contribution in [-0.2, 0) is 4.79 Å². The van der Waals surface area contributed by atoms with Crippen LogP contribution in [-0.4, -0.2) is 46.1 Å². The highest BCUT2D eigenvalue weighted by Gasteiger charge is 2.43. The van der Waals surface area contributed by atoms with Gasteiger partial charge >= 0.3 is 0 Å². The number of pyridine rings is 1. The van der Waals surface area contributed by atoms with Crippen LogP contribution in [0.4, 0.5) is 10.2 Å². The van der Waals surface area contributed by atoms with Crippen molar-refractivity contribution in [2.45, 2.75) is 12.6 Å². The van der Waals surface area contributed by atoms with E-state index in [-0.39, 0.29) is 23.5 Å². The van der Waals surface area contributed by atoms with Gasteiger partial charge in [0, 0.05) is 5.39 Å². The molecule has 0 aromatic carbocycles. The van der Waals surface area contributed by atoms with Crippen LogP contribution in [0.25, 0.3) is 22.2 Å². The molecular weight excluding hydrogens is 341 g/mol. The quantitative estimate of drug-likeness (QED) is 0.721. The molecule has 1 saturated carbocycles. The minimum absolute atomic E-state index is 0.125. The lowest BCUT2D eigenvalue weighted by Gasteiger charge is -2.08. The largest absolute Gasteiger partial charge is 0.480 e. The fourth-order valence-electron chi connectivity index (χ4n) is 2.63. The Morgan fingerprint density at radius 3 is 2.69 bits per heavy atom. The summed E-state index contributed by atoms with van der Waals surface area (Å²) in [6.45, 7) is 0. The molecule has 3 aromatic heterocycles. The van der Waals surface area contributed by atoms with Crippen LogP contribution in [0.3, 0.4) is 0 Å². The fraction of sp³-hybridized carbons (Fsp3) is 0.294. The molecule has 2 N–H and O–H groups in total. The van der Waals surface area contributed by atoms with Crippen LogP contribution >= 0.6 is 0 Å². The summed E-state index contributed by atoms with van der Waals surface area (Å²) in [4.78, 5) is 26.6. The van der Waals surface area contributed by atoms with Crippen molar-refractivity contribution < 1.29 is 26.9 Å². The first-order chi connectivity index (χ1) is 14.9. The third-order valence-corrected chi connectivity index (χ3v) is 4.05. The fourth-order valence-corrected chi connectivity index (χ4v) is 2.63. The molecule has 0 spiro atoms. The number of carbonyl (C=O) groups is 1. The zero-order valence-corrected chi connectivity index (χ0v) is 13.1. The number of anilines is 1. The van der Waals surface area contributed by atoms with Crippen LogP contribution < -0.4 is 14.8 Å². The van der Waals surface area contributed by atoms with Gasteiger partial charge in [0.2, 0.25) is 17.7 Å². The molecule has 3 heterocycles. The number of hydrogen-bond donors (Lipinski definition) is 2. The van der Waals surface area contributed by atoms with Crippen molar-refractivity contribution >= 4 is 22.6 Å². The number of halogens is 1. The van der Waals surface area contributed by atoms with E-state index in [9.17, 15) is 9.18 Å². The highest BCUT2D eigenvalue weighted by atomic mass is 19.1. The lowest BCUT2D eigenvalue weighted by Crippen LogP contribution is -2.15. The second kappa shape index (κ2) is 6.25. The summed E-state index contributed by atoms with van der Waals surface area (Å²) in [6, 6.07) is 3.04. The average molecular weight is 363 g/mol. The molecule has 2 atom stereocenters. The Morgan fingerprint density at radius 2 is 2.04 bits per heavy atom. The number of nitrogens with one attached hydrogen (secondary N) is 2. The van der Waals surface area contributed by atoms with Crippen molar-refractivity contribution in [3.8, 4) is 23.0 Å². The Balaban J connectivity index is 1.74. The molecule has 26 heavy (non-hydrogen) atoms. The van der Waals surface area contributed by atoms with Crippen molar-refractivity contribution in [3.63, 3.8) is 0 Å².